The molecular weight excluding hydrogens is 959 g/mol. The summed E-state index contributed by atoms with van der Waals surface area (Å²) in [6.45, 7) is 0. The van der Waals surface area contributed by atoms with Gasteiger partial charge >= 0.3 is 0 Å². The SMILES string of the molecule is C1=CC(c2cc(-c3cccc(-c4cc(-c5ccccc5)cc(-c5ccccc5)c4)c3)nc(-c3cccc(-c4cccc5c4c4cc(-c6ccccc6)ccc4n5-c4nc(-c5ccccc5)cc(-c5ccccc5)n4)c3)n2)=CCC1. The van der Waals surface area contributed by atoms with Gasteiger partial charge in [0.05, 0.1) is 33.8 Å². The van der Waals surface area contributed by atoms with E-state index >= 15 is 0 Å². The molecule has 0 spiro atoms. The number of hydrogen-bond acceptors (Lipinski definition) is 4. The number of hydrogen-bond donors (Lipinski definition) is 0. The number of allylic oxidation sites excluding steroid dienone is 4. The average molecular weight is 1010 g/mol. The molecular formula is C74H51N5. The second kappa shape index (κ2) is 20.6. The molecule has 0 bridgehead atoms. The summed E-state index contributed by atoms with van der Waals surface area (Å²) >= 11 is 0. The van der Waals surface area contributed by atoms with E-state index in [1.807, 2.05) is 12.1 Å². The quantitative estimate of drug-likeness (QED) is 0.130. The van der Waals surface area contributed by atoms with Crippen LogP contribution in [0.4, 0.5) is 0 Å². The zero-order valence-corrected chi connectivity index (χ0v) is 43.3. The Morgan fingerprint density at radius 2 is 0.747 bits per heavy atom. The van der Waals surface area contributed by atoms with Gasteiger partial charge in [0.15, 0.2) is 5.82 Å². The second-order valence-electron chi connectivity index (χ2n) is 20.1. The molecule has 3 aromatic heterocycles. The monoisotopic (exact) mass is 1010 g/mol. The Bertz CT molecular complexity index is 4330. The van der Waals surface area contributed by atoms with E-state index in [9.17, 15) is 0 Å². The van der Waals surface area contributed by atoms with Gasteiger partial charge in [0.2, 0.25) is 5.95 Å². The average Bonchev–Trinajstić information content (AvgIpc) is 4.14. The first-order valence-electron chi connectivity index (χ1n) is 27.0. The van der Waals surface area contributed by atoms with E-state index in [0.29, 0.717) is 11.8 Å². The fourth-order valence-electron chi connectivity index (χ4n) is 11.1. The van der Waals surface area contributed by atoms with Gasteiger partial charge in [-0.1, -0.05) is 224 Å². The van der Waals surface area contributed by atoms with Crippen molar-refractivity contribution in [2.24, 2.45) is 0 Å². The van der Waals surface area contributed by atoms with E-state index in [1.165, 1.54) is 22.3 Å². The molecule has 1 aliphatic rings. The summed E-state index contributed by atoms with van der Waals surface area (Å²) < 4.78 is 2.24. The highest BCUT2D eigenvalue weighted by atomic mass is 15.2. The normalized spacial score (nSPS) is 12.2. The van der Waals surface area contributed by atoms with Gasteiger partial charge in [0, 0.05) is 33.0 Å². The Labute approximate surface area is 459 Å². The first-order chi connectivity index (χ1) is 39.1. The van der Waals surface area contributed by atoms with Gasteiger partial charge in [0.25, 0.3) is 0 Å². The molecule has 0 fully saturated rings. The zero-order valence-electron chi connectivity index (χ0n) is 43.3. The van der Waals surface area contributed by atoms with E-state index < -0.39 is 0 Å². The largest absolute Gasteiger partial charge is 0.278 e. The van der Waals surface area contributed by atoms with Gasteiger partial charge < -0.3 is 0 Å². The Morgan fingerprint density at radius 1 is 0.291 bits per heavy atom. The maximum Gasteiger partial charge on any atom is 0.235 e. The summed E-state index contributed by atoms with van der Waals surface area (Å²) in [7, 11) is 0. The van der Waals surface area contributed by atoms with Crippen molar-refractivity contribution >= 4 is 27.4 Å². The minimum Gasteiger partial charge on any atom is -0.278 e. The van der Waals surface area contributed by atoms with Crippen LogP contribution in [0, 0.1) is 0 Å². The number of rotatable bonds is 11. The summed E-state index contributed by atoms with van der Waals surface area (Å²) in [5.74, 6) is 1.27. The molecule has 5 nitrogen and oxygen atoms in total. The first-order valence-corrected chi connectivity index (χ1v) is 27.0. The minimum absolute atomic E-state index is 0.604. The van der Waals surface area contributed by atoms with Gasteiger partial charge in [-0.05, 0) is 135 Å². The molecule has 0 unspecified atom stereocenters. The molecule has 1 aliphatic carbocycles. The highest BCUT2D eigenvalue weighted by molar-refractivity contribution is 6.16. The van der Waals surface area contributed by atoms with Crippen LogP contribution in [-0.4, -0.2) is 24.5 Å². The Hall–Kier alpha value is -10.4. The number of aromatic nitrogens is 5. The van der Waals surface area contributed by atoms with Crippen molar-refractivity contribution in [2.45, 2.75) is 12.8 Å². The molecule has 10 aromatic carbocycles. The van der Waals surface area contributed by atoms with Gasteiger partial charge in [-0.15, -0.1) is 0 Å². The Kier molecular flexibility index (Phi) is 12.3. The molecule has 14 rings (SSSR count). The molecule has 0 amide bonds. The van der Waals surface area contributed by atoms with E-state index in [1.54, 1.807) is 0 Å². The van der Waals surface area contributed by atoms with Crippen molar-refractivity contribution in [3.05, 3.63) is 291 Å². The third-order valence-electron chi connectivity index (χ3n) is 15.0. The van der Waals surface area contributed by atoms with Crippen molar-refractivity contribution in [1.82, 2.24) is 24.5 Å². The third-order valence-corrected chi connectivity index (χ3v) is 15.0. The lowest BCUT2D eigenvalue weighted by Crippen LogP contribution is -2.04. The van der Waals surface area contributed by atoms with Crippen LogP contribution < -0.4 is 0 Å². The summed E-state index contributed by atoms with van der Waals surface area (Å²) in [6, 6.07) is 94.7. The lowest BCUT2D eigenvalue weighted by molar-refractivity contribution is 0.996. The standard InChI is InChI=1S/C74H51N5/c1-7-22-50(23-8-1)57-40-41-70-65(47-57)72-64(38-21-39-71(72)79(70)74-77-67(54-30-15-5-16-31-54)49-68(78-74)55-32-17-6-18-33-55)58-35-20-37-60(43-58)73-75-66(53-28-13-4-14-29-53)48-69(76-73)59-36-19-34-56(42-59)63-45-61(51-24-9-2-10-25-51)44-62(46-63)52-26-11-3-12-27-52/h1-3,5-13,15-49H,4,14H2. The van der Waals surface area contributed by atoms with Crippen LogP contribution in [-0.2, 0) is 0 Å². The first kappa shape index (κ1) is 47.1. The predicted molar refractivity (Wildman–Crippen MR) is 327 cm³/mol. The minimum atomic E-state index is 0.604. The molecule has 0 atom stereocenters. The van der Waals surface area contributed by atoms with Crippen LogP contribution in [0.25, 0.3) is 134 Å². The number of benzene rings is 10. The van der Waals surface area contributed by atoms with E-state index in [-0.39, 0.29) is 0 Å². The van der Waals surface area contributed by atoms with Crippen LogP contribution in [0.3, 0.4) is 0 Å². The number of fused-ring (bicyclic) bond motifs is 3. The predicted octanol–water partition coefficient (Wildman–Crippen LogP) is 19.1. The summed E-state index contributed by atoms with van der Waals surface area (Å²) in [5.41, 5.74) is 22.0. The van der Waals surface area contributed by atoms with Crippen LogP contribution in [0.5, 0.6) is 0 Å². The van der Waals surface area contributed by atoms with Crippen molar-refractivity contribution in [3.8, 4) is 107 Å². The molecule has 3 heterocycles. The van der Waals surface area contributed by atoms with Gasteiger partial charge in [-0.3, -0.25) is 4.57 Å². The fraction of sp³-hybridized carbons (Fsp3) is 0.0270. The van der Waals surface area contributed by atoms with Crippen molar-refractivity contribution < 1.29 is 0 Å². The van der Waals surface area contributed by atoms with Gasteiger partial charge in [-0.25, -0.2) is 19.9 Å². The smallest absolute Gasteiger partial charge is 0.235 e. The molecule has 0 saturated heterocycles. The van der Waals surface area contributed by atoms with Crippen LogP contribution in [0.1, 0.15) is 18.5 Å². The van der Waals surface area contributed by atoms with Crippen LogP contribution >= 0.6 is 0 Å². The van der Waals surface area contributed by atoms with E-state index in [2.05, 4.69) is 278 Å². The van der Waals surface area contributed by atoms with Crippen molar-refractivity contribution in [3.63, 3.8) is 0 Å². The molecule has 0 saturated carbocycles. The van der Waals surface area contributed by atoms with Gasteiger partial charge in [-0.2, -0.15) is 0 Å². The maximum absolute atomic E-state index is 5.45. The number of nitrogens with zero attached hydrogens (tertiary/aromatic N) is 5. The fourth-order valence-corrected chi connectivity index (χ4v) is 11.1. The van der Waals surface area contributed by atoms with Crippen molar-refractivity contribution in [2.75, 3.05) is 0 Å². The zero-order chi connectivity index (χ0) is 52.5. The Balaban J connectivity index is 0.925. The molecule has 13 aromatic rings. The summed E-state index contributed by atoms with van der Waals surface area (Å²) in [6.07, 6.45) is 8.72. The molecule has 5 heteroatoms. The highest BCUT2D eigenvalue weighted by Gasteiger charge is 2.22. The third kappa shape index (κ3) is 9.34. The van der Waals surface area contributed by atoms with Crippen LogP contribution in [0.2, 0.25) is 0 Å². The molecule has 372 valence electrons. The molecule has 0 radical (unpaired) electrons. The summed E-state index contributed by atoms with van der Waals surface area (Å²) in [4.78, 5) is 21.6. The van der Waals surface area contributed by atoms with E-state index in [4.69, 9.17) is 19.9 Å². The summed E-state index contributed by atoms with van der Waals surface area (Å²) in [5, 5.41) is 2.22. The lowest BCUT2D eigenvalue weighted by atomic mass is 9.92. The molecule has 0 aliphatic heterocycles. The Morgan fingerprint density at radius 3 is 1.35 bits per heavy atom. The van der Waals surface area contributed by atoms with E-state index in [0.717, 1.165) is 119 Å². The van der Waals surface area contributed by atoms with Crippen molar-refractivity contribution in [1.29, 1.82) is 0 Å². The maximum atomic E-state index is 5.45. The van der Waals surface area contributed by atoms with Crippen LogP contribution in [0.15, 0.2) is 285 Å². The highest BCUT2D eigenvalue weighted by Crippen LogP contribution is 2.42. The second-order valence-corrected chi connectivity index (χ2v) is 20.1. The molecule has 79 heavy (non-hydrogen) atoms. The molecule has 0 N–H and O–H groups in total. The van der Waals surface area contributed by atoms with Gasteiger partial charge in [0.1, 0.15) is 0 Å². The lowest BCUT2D eigenvalue weighted by Gasteiger charge is -2.14. The topological polar surface area (TPSA) is 56.5 Å².